The monoisotopic (exact) mass is 466 g/mol. The van der Waals surface area contributed by atoms with Gasteiger partial charge in [0, 0.05) is 13.2 Å². The van der Waals surface area contributed by atoms with Crippen LogP contribution < -0.4 is 22.5 Å². The van der Waals surface area contributed by atoms with Gasteiger partial charge in [0.25, 0.3) is 0 Å². The Morgan fingerprint density at radius 1 is 1.12 bits per heavy atom. The number of hydrogen-bond donors (Lipinski definition) is 4. The van der Waals surface area contributed by atoms with Crippen LogP contribution in [-0.2, 0) is 14.3 Å². The molecule has 1 saturated heterocycles. The van der Waals surface area contributed by atoms with Gasteiger partial charge in [-0.05, 0) is 38.5 Å². The summed E-state index contributed by atoms with van der Waals surface area (Å²) in [5, 5.41) is 3.18. The lowest BCUT2D eigenvalue weighted by atomic mass is 9.82. The van der Waals surface area contributed by atoms with Gasteiger partial charge in [0.15, 0.2) is 17.6 Å². The minimum absolute atomic E-state index is 0.127. The highest BCUT2D eigenvalue weighted by Gasteiger charge is 2.53. The molecule has 1 fully saturated rings. The van der Waals surface area contributed by atoms with Crippen molar-refractivity contribution in [2.75, 3.05) is 19.8 Å². The van der Waals surface area contributed by atoms with Crippen LogP contribution in [0.5, 0.6) is 0 Å². The van der Waals surface area contributed by atoms with Crippen molar-refractivity contribution in [3.8, 4) is 0 Å². The SMILES string of the molecule is CCCCCCCCC[C@@H]1N=C(N)N[C@]2(CCCO2)[C@@H]1C(=O)OCCCCCCN=C(N)N. The average molecular weight is 467 g/mol. The molecular formula is C24H46N6O3. The third-order valence-electron chi connectivity index (χ3n) is 6.53. The zero-order valence-electron chi connectivity index (χ0n) is 20.5. The van der Waals surface area contributed by atoms with Gasteiger partial charge >= 0.3 is 5.97 Å². The second-order valence-corrected chi connectivity index (χ2v) is 9.32. The molecule has 0 amide bonds. The van der Waals surface area contributed by atoms with E-state index >= 15 is 0 Å². The first kappa shape index (κ1) is 27.2. The zero-order chi connectivity index (χ0) is 23.9. The zero-order valence-corrected chi connectivity index (χ0v) is 20.5. The maximum atomic E-state index is 13.2. The lowest BCUT2D eigenvalue weighted by molar-refractivity contribution is -0.165. The predicted octanol–water partition coefficient (Wildman–Crippen LogP) is 2.91. The molecule has 9 heteroatoms. The number of carbonyl (C=O) groups excluding carboxylic acids is 1. The average Bonchev–Trinajstić information content (AvgIpc) is 3.22. The van der Waals surface area contributed by atoms with Crippen molar-refractivity contribution in [1.82, 2.24) is 5.32 Å². The number of nitrogens with two attached hydrogens (primary N) is 3. The first-order valence-electron chi connectivity index (χ1n) is 13.0. The molecule has 0 saturated carbocycles. The van der Waals surface area contributed by atoms with Crippen molar-refractivity contribution in [1.29, 1.82) is 0 Å². The Balaban J connectivity index is 1.83. The Morgan fingerprint density at radius 2 is 1.82 bits per heavy atom. The van der Waals surface area contributed by atoms with Gasteiger partial charge in [-0.15, -0.1) is 0 Å². The molecule has 0 aromatic carbocycles. The molecule has 2 aliphatic heterocycles. The van der Waals surface area contributed by atoms with E-state index in [0.717, 1.165) is 57.8 Å². The smallest absolute Gasteiger partial charge is 0.316 e. The number of hydrogen-bond acceptors (Lipinski definition) is 7. The van der Waals surface area contributed by atoms with E-state index in [2.05, 4.69) is 22.2 Å². The van der Waals surface area contributed by atoms with Crippen LogP contribution >= 0.6 is 0 Å². The predicted molar refractivity (Wildman–Crippen MR) is 133 cm³/mol. The molecule has 0 bridgehead atoms. The Labute approximate surface area is 199 Å². The van der Waals surface area contributed by atoms with E-state index in [0.29, 0.717) is 25.7 Å². The molecule has 0 radical (unpaired) electrons. The summed E-state index contributed by atoms with van der Waals surface area (Å²) in [7, 11) is 0. The highest BCUT2D eigenvalue weighted by atomic mass is 16.5. The van der Waals surface area contributed by atoms with E-state index in [1.165, 1.54) is 32.1 Å². The topological polar surface area (TPSA) is 150 Å². The number of esters is 1. The first-order chi connectivity index (χ1) is 16.0. The summed E-state index contributed by atoms with van der Waals surface area (Å²) in [6.07, 6.45) is 14.7. The quantitative estimate of drug-likeness (QED) is 0.118. The molecule has 2 rings (SSSR count). The Kier molecular flexibility index (Phi) is 12.4. The minimum Gasteiger partial charge on any atom is -0.465 e. The van der Waals surface area contributed by atoms with E-state index in [-0.39, 0.29) is 18.0 Å². The van der Waals surface area contributed by atoms with Gasteiger partial charge in [-0.2, -0.15) is 0 Å². The molecule has 0 unspecified atom stereocenters. The van der Waals surface area contributed by atoms with Gasteiger partial charge in [0.2, 0.25) is 0 Å². The second-order valence-electron chi connectivity index (χ2n) is 9.32. The summed E-state index contributed by atoms with van der Waals surface area (Å²) in [5.74, 6) is -0.194. The fraction of sp³-hybridized carbons (Fsp3) is 0.875. The van der Waals surface area contributed by atoms with E-state index in [1.807, 2.05) is 0 Å². The highest BCUT2D eigenvalue weighted by molar-refractivity contribution is 5.84. The van der Waals surface area contributed by atoms with Crippen molar-refractivity contribution >= 4 is 17.9 Å². The van der Waals surface area contributed by atoms with E-state index < -0.39 is 11.6 Å². The maximum absolute atomic E-state index is 13.2. The Morgan fingerprint density at radius 3 is 2.52 bits per heavy atom. The highest BCUT2D eigenvalue weighted by Crippen LogP contribution is 2.38. The number of nitrogens with zero attached hydrogens (tertiary/aromatic N) is 2. The van der Waals surface area contributed by atoms with E-state index in [1.54, 1.807) is 0 Å². The molecule has 190 valence electrons. The van der Waals surface area contributed by atoms with Crippen LogP contribution in [0.1, 0.15) is 96.8 Å². The van der Waals surface area contributed by atoms with Crippen molar-refractivity contribution in [3.05, 3.63) is 0 Å². The maximum Gasteiger partial charge on any atom is 0.316 e. The van der Waals surface area contributed by atoms with Crippen LogP contribution in [0.3, 0.4) is 0 Å². The number of unbranched alkanes of at least 4 members (excludes halogenated alkanes) is 9. The third-order valence-corrected chi connectivity index (χ3v) is 6.53. The largest absolute Gasteiger partial charge is 0.465 e. The standard InChI is InChI=1S/C24H46N6O3/c1-2-3-4-5-6-7-10-14-19-20(24(15-13-18-33-24)30-23(27)29-19)21(31)32-17-12-9-8-11-16-28-22(25)26/h19-20H,2-18H2,1H3,(H4,25,26,28)(H3,27,29,30)/t19-,20-,24-/m0/s1. The van der Waals surface area contributed by atoms with Crippen LogP contribution in [0.4, 0.5) is 0 Å². The number of ether oxygens (including phenoxy) is 2. The van der Waals surface area contributed by atoms with E-state index in [4.69, 9.17) is 26.7 Å². The third kappa shape index (κ3) is 9.39. The van der Waals surface area contributed by atoms with Crippen LogP contribution in [0.2, 0.25) is 0 Å². The van der Waals surface area contributed by atoms with Crippen molar-refractivity contribution in [3.63, 3.8) is 0 Å². The van der Waals surface area contributed by atoms with Crippen LogP contribution in [0.25, 0.3) is 0 Å². The van der Waals surface area contributed by atoms with Gasteiger partial charge in [-0.25, -0.2) is 4.99 Å². The molecule has 3 atom stereocenters. The van der Waals surface area contributed by atoms with Crippen LogP contribution in [-0.4, -0.2) is 49.4 Å². The Bertz CT molecular complexity index is 630. The molecule has 0 aromatic heterocycles. The normalized spacial score (nSPS) is 24.3. The number of guanidine groups is 2. The van der Waals surface area contributed by atoms with Gasteiger partial charge in [-0.3, -0.25) is 9.79 Å². The summed E-state index contributed by atoms with van der Waals surface area (Å²) in [6.45, 7) is 3.88. The van der Waals surface area contributed by atoms with Crippen molar-refractivity contribution < 1.29 is 14.3 Å². The molecule has 7 N–H and O–H groups in total. The van der Waals surface area contributed by atoms with E-state index in [9.17, 15) is 4.79 Å². The molecule has 0 aromatic rings. The molecule has 1 spiro atoms. The summed E-state index contributed by atoms with van der Waals surface area (Å²) < 4.78 is 11.8. The lowest BCUT2D eigenvalue weighted by Gasteiger charge is -2.42. The molecule has 0 aliphatic carbocycles. The Hall–Kier alpha value is -2.03. The number of aliphatic imine (C=N–C) groups is 2. The fourth-order valence-corrected chi connectivity index (χ4v) is 4.82. The first-order valence-corrected chi connectivity index (χ1v) is 13.0. The summed E-state index contributed by atoms with van der Waals surface area (Å²) in [4.78, 5) is 21.8. The summed E-state index contributed by atoms with van der Waals surface area (Å²) in [5.41, 5.74) is 16.0. The number of nitrogens with one attached hydrogen (secondary N) is 1. The van der Waals surface area contributed by atoms with Gasteiger partial charge in [0.1, 0.15) is 5.92 Å². The number of rotatable bonds is 16. The summed E-state index contributed by atoms with van der Waals surface area (Å²) >= 11 is 0. The van der Waals surface area contributed by atoms with Crippen LogP contribution in [0, 0.1) is 5.92 Å². The van der Waals surface area contributed by atoms with Gasteiger partial charge < -0.3 is 32.0 Å². The molecule has 9 nitrogen and oxygen atoms in total. The molecule has 33 heavy (non-hydrogen) atoms. The molecular weight excluding hydrogens is 420 g/mol. The molecule has 2 heterocycles. The second kappa shape index (κ2) is 15.0. The van der Waals surface area contributed by atoms with Gasteiger partial charge in [-0.1, -0.05) is 58.3 Å². The fourth-order valence-electron chi connectivity index (χ4n) is 4.82. The van der Waals surface area contributed by atoms with Crippen molar-refractivity contribution in [2.45, 2.75) is 109 Å². The van der Waals surface area contributed by atoms with Gasteiger partial charge in [0.05, 0.1) is 12.6 Å². The summed E-state index contributed by atoms with van der Waals surface area (Å²) in [6, 6.07) is -0.202. The minimum atomic E-state index is -0.783. The van der Waals surface area contributed by atoms with Crippen LogP contribution in [0.15, 0.2) is 9.98 Å². The lowest BCUT2D eigenvalue weighted by Crippen LogP contribution is -2.64. The number of carbonyl (C=O) groups is 1. The van der Waals surface area contributed by atoms with Crippen molar-refractivity contribution in [2.24, 2.45) is 33.1 Å². The molecule has 2 aliphatic rings.